The summed E-state index contributed by atoms with van der Waals surface area (Å²) in [5.41, 5.74) is 0.731. The summed E-state index contributed by atoms with van der Waals surface area (Å²) in [5, 5.41) is 0. The van der Waals surface area contributed by atoms with Gasteiger partial charge in [-0.25, -0.2) is 4.39 Å². The third kappa shape index (κ3) is 0.529. The fourth-order valence-electron chi connectivity index (χ4n) is 1.04. The fourth-order valence-corrected chi connectivity index (χ4v) is 1.04. The van der Waals surface area contributed by atoms with Gasteiger partial charge in [-0.2, -0.15) is 0 Å². The SMILES string of the molecule is FC1C=Cn2cccc21. The van der Waals surface area contributed by atoms with Gasteiger partial charge in [0, 0.05) is 12.4 Å². The van der Waals surface area contributed by atoms with Crippen molar-refractivity contribution in [2.24, 2.45) is 0 Å². The standard InChI is InChI=1S/C7H6FN/c8-6-3-5-9-4-1-2-7(6)9/h1-6H. The van der Waals surface area contributed by atoms with Crippen LogP contribution in [0, 0.1) is 0 Å². The Morgan fingerprint density at radius 3 is 3.22 bits per heavy atom. The molecule has 0 amide bonds. The molecule has 0 saturated heterocycles. The highest BCUT2D eigenvalue weighted by atomic mass is 19.1. The van der Waals surface area contributed by atoms with Gasteiger partial charge >= 0.3 is 0 Å². The summed E-state index contributed by atoms with van der Waals surface area (Å²) in [7, 11) is 0. The van der Waals surface area contributed by atoms with E-state index in [0.29, 0.717) is 0 Å². The molecule has 0 aliphatic carbocycles. The van der Waals surface area contributed by atoms with Crippen LogP contribution in [0.15, 0.2) is 24.4 Å². The normalized spacial score (nSPS) is 22.6. The van der Waals surface area contributed by atoms with E-state index >= 15 is 0 Å². The molecular formula is C7H6FN. The van der Waals surface area contributed by atoms with Crippen LogP contribution in [0.1, 0.15) is 11.9 Å². The summed E-state index contributed by atoms with van der Waals surface area (Å²) in [6.07, 6.45) is 4.22. The zero-order valence-electron chi connectivity index (χ0n) is 4.79. The molecule has 2 rings (SSSR count). The molecule has 1 unspecified atom stereocenters. The Morgan fingerprint density at radius 1 is 1.56 bits per heavy atom. The number of hydrogen-bond donors (Lipinski definition) is 0. The van der Waals surface area contributed by atoms with E-state index in [0.717, 1.165) is 5.69 Å². The lowest BCUT2D eigenvalue weighted by molar-refractivity contribution is 0.413. The molecule has 0 spiro atoms. The Balaban J connectivity index is 2.60. The van der Waals surface area contributed by atoms with Crippen molar-refractivity contribution in [3.05, 3.63) is 30.1 Å². The molecule has 0 saturated carbocycles. The number of halogens is 1. The molecule has 0 aromatic carbocycles. The molecule has 1 aliphatic rings. The maximum Gasteiger partial charge on any atom is 0.160 e. The first-order valence-corrected chi connectivity index (χ1v) is 2.87. The Bertz CT molecular complexity index is 249. The summed E-state index contributed by atoms with van der Waals surface area (Å²) in [6.45, 7) is 0. The fraction of sp³-hybridized carbons (Fsp3) is 0.143. The van der Waals surface area contributed by atoms with Crippen LogP contribution in [0.25, 0.3) is 6.20 Å². The second-order valence-corrected chi connectivity index (χ2v) is 2.08. The van der Waals surface area contributed by atoms with E-state index in [2.05, 4.69) is 0 Å². The van der Waals surface area contributed by atoms with Crippen LogP contribution in [0.4, 0.5) is 4.39 Å². The number of aromatic nitrogens is 1. The van der Waals surface area contributed by atoms with Crippen LogP contribution in [0.5, 0.6) is 0 Å². The molecule has 9 heavy (non-hydrogen) atoms. The Kier molecular flexibility index (Phi) is 0.781. The Morgan fingerprint density at radius 2 is 2.44 bits per heavy atom. The number of fused-ring (bicyclic) bond motifs is 1. The van der Waals surface area contributed by atoms with Crippen molar-refractivity contribution >= 4 is 6.20 Å². The summed E-state index contributed by atoms with van der Waals surface area (Å²) >= 11 is 0. The molecule has 0 N–H and O–H groups in total. The second-order valence-electron chi connectivity index (χ2n) is 2.08. The van der Waals surface area contributed by atoms with Gasteiger partial charge in [0.15, 0.2) is 6.17 Å². The molecule has 1 aromatic rings. The van der Waals surface area contributed by atoms with E-state index in [9.17, 15) is 4.39 Å². The molecule has 1 aromatic heterocycles. The highest BCUT2D eigenvalue weighted by Gasteiger charge is 2.13. The minimum atomic E-state index is -0.889. The van der Waals surface area contributed by atoms with Crippen LogP contribution in [0.3, 0.4) is 0 Å². The largest absolute Gasteiger partial charge is 0.325 e. The van der Waals surface area contributed by atoms with Gasteiger partial charge in [0.05, 0.1) is 5.69 Å². The first-order chi connectivity index (χ1) is 4.38. The van der Waals surface area contributed by atoms with Gasteiger partial charge in [0.2, 0.25) is 0 Å². The summed E-state index contributed by atoms with van der Waals surface area (Å²) in [6, 6.07) is 3.62. The summed E-state index contributed by atoms with van der Waals surface area (Å²) in [4.78, 5) is 0. The lowest BCUT2D eigenvalue weighted by atomic mass is 10.3. The molecule has 2 heteroatoms. The van der Waals surface area contributed by atoms with Crippen molar-refractivity contribution in [2.75, 3.05) is 0 Å². The van der Waals surface area contributed by atoms with Gasteiger partial charge in [0.25, 0.3) is 0 Å². The summed E-state index contributed by atoms with van der Waals surface area (Å²) in [5.74, 6) is 0. The average Bonchev–Trinajstić information content (AvgIpc) is 2.35. The minimum Gasteiger partial charge on any atom is -0.325 e. The zero-order valence-corrected chi connectivity index (χ0v) is 4.79. The van der Waals surface area contributed by atoms with Crippen molar-refractivity contribution in [1.82, 2.24) is 4.57 Å². The van der Waals surface area contributed by atoms with Gasteiger partial charge in [-0.3, -0.25) is 0 Å². The molecule has 0 radical (unpaired) electrons. The van der Waals surface area contributed by atoms with Crippen molar-refractivity contribution < 1.29 is 4.39 Å². The van der Waals surface area contributed by atoms with Crippen LogP contribution < -0.4 is 0 Å². The smallest absolute Gasteiger partial charge is 0.160 e. The first kappa shape index (κ1) is 4.79. The van der Waals surface area contributed by atoms with Crippen molar-refractivity contribution in [1.29, 1.82) is 0 Å². The average molecular weight is 123 g/mol. The van der Waals surface area contributed by atoms with E-state index in [1.807, 2.05) is 12.3 Å². The predicted octanol–water partition coefficient (Wildman–Crippen LogP) is 1.98. The van der Waals surface area contributed by atoms with Crippen molar-refractivity contribution in [3.8, 4) is 0 Å². The second kappa shape index (κ2) is 1.47. The highest BCUT2D eigenvalue weighted by Crippen LogP contribution is 2.25. The molecule has 1 atom stereocenters. The third-order valence-corrected chi connectivity index (χ3v) is 1.51. The zero-order chi connectivity index (χ0) is 6.27. The Labute approximate surface area is 52.4 Å². The van der Waals surface area contributed by atoms with Gasteiger partial charge in [0.1, 0.15) is 0 Å². The Hall–Kier alpha value is -1.05. The molecule has 1 nitrogen and oxygen atoms in total. The van der Waals surface area contributed by atoms with Crippen molar-refractivity contribution in [2.45, 2.75) is 6.17 Å². The molecule has 0 bridgehead atoms. The van der Waals surface area contributed by atoms with E-state index in [1.54, 1.807) is 16.8 Å². The summed E-state index contributed by atoms with van der Waals surface area (Å²) < 4.78 is 14.4. The van der Waals surface area contributed by atoms with Crippen LogP contribution in [-0.4, -0.2) is 4.57 Å². The monoisotopic (exact) mass is 123 g/mol. The van der Waals surface area contributed by atoms with E-state index in [1.165, 1.54) is 6.08 Å². The third-order valence-electron chi connectivity index (χ3n) is 1.51. The lowest BCUT2D eigenvalue weighted by Crippen LogP contribution is -1.85. The van der Waals surface area contributed by atoms with Crippen molar-refractivity contribution in [3.63, 3.8) is 0 Å². The van der Waals surface area contributed by atoms with Crippen LogP contribution >= 0.6 is 0 Å². The number of alkyl halides is 1. The van der Waals surface area contributed by atoms with Gasteiger partial charge < -0.3 is 4.57 Å². The van der Waals surface area contributed by atoms with Gasteiger partial charge in [-0.15, -0.1) is 0 Å². The first-order valence-electron chi connectivity index (χ1n) is 2.87. The lowest BCUT2D eigenvalue weighted by Gasteiger charge is -1.93. The van der Waals surface area contributed by atoms with Gasteiger partial charge in [-0.05, 0) is 18.2 Å². The maximum absolute atomic E-state index is 12.6. The van der Waals surface area contributed by atoms with Crippen LogP contribution in [-0.2, 0) is 0 Å². The molecular weight excluding hydrogens is 117 g/mol. The number of nitrogens with zero attached hydrogens (tertiary/aromatic N) is 1. The quantitative estimate of drug-likeness (QED) is 0.497. The number of hydrogen-bond acceptors (Lipinski definition) is 0. The number of allylic oxidation sites excluding steroid dienone is 1. The molecule has 46 valence electrons. The predicted molar refractivity (Wildman–Crippen MR) is 33.6 cm³/mol. The van der Waals surface area contributed by atoms with E-state index in [-0.39, 0.29) is 0 Å². The molecule has 1 aliphatic heterocycles. The topological polar surface area (TPSA) is 4.93 Å². The van der Waals surface area contributed by atoms with E-state index < -0.39 is 6.17 Å². The minimum absolute atomic E-state index is 0.731. The highest BCUT2D eigenvalue weighted by molar-refractivity contribution is 5.39. The number of rotatable bonds is 0. The maximum atomic E-state index is 12.6. The van der Waals surface area contributed by atoms with Gasteiger partial charge in [-0.1, -0.05) is 0 Å². The molecule has 2 heterocycles. The van der Waals surface area contributed by atoms with Crippen LogP contribution in [0.2, 0.25) is 0 Å². The van der Waals surface area contributed by atoms with E-state index in [4.69, 9.17) is 0 Å². The molecule has 0 fully saturated rings.